The summed E-state index contributed by atoms with van der Waals surface area (Å²) in [6.45, 7) is 3.51. The van der Waals surface area contributed by atoms with Crippen LogP contribution in [0.4, 0.5) is 0 Å². The zero-order valence-electron chi connectivity index (χ0n) is 3.89. The van der Waals surface area contributed by atoms with Gasteiger partial charge in [-0.1, -0.05) is 6.58 Å². The summed E-state index contributed by atoms with van der Waals surface area (Å²) in [6, 6.07) is 0. The zero-order chi connectivity index (χ0) is 5.11. The van der Waals surface area contributed by atoms with Crippen LogP contribution in [0.15, 0.2) is 19.0 Å². The Kier molecular flexibility index (Phi) is 3.87. The Morgan fingerprint density at radius 1 is 1.75 bits per heavy atom. The Morgan fingerprint density at radius 2 is 2.50 bits per heavy atom. The van der Waals surface area contributed by atoms with E-state index in [0.717, 1.165) is 5.82 Å². The van der Waals surface area contributed by atoms with Gasteiger partial charge in [-0.15, -0.1) is 0 Å². The van der Waals surface area contributed by atoms with Gasteiger partial charge in [-0.05, 0) is 6.08 Å². The third-order valence-corrected chi connectivity index (χ3v) is 0.713. The molecule has 0 amide bonds. The van der Waals surface area contributed by atoms with E-state index in [1.54, 1.807) is 18.5 Å². The SMILES string of the molecule is C=Cc1ncc[nH]1.[NaH]. The third kappa shape index (κ3) is 1.82. The summed E-state index contributed by atoms with van der Waals surface area (Å²) in [5, 5.41) is 0. The molecule has 1 aromatic rings. The van der Waals surface area contributed by atoms with Crippen molar-refractivity contribution in [3.05, 3.63) is 24.8 Å². The summed E-state index contributed by atoms with van der Waals surface area (Å²) in [5.41, 5.74) is 0. The number of hydrogen-bond acceptors (Lipinski definition) is 1. The molecule has 2 nitrogen and oxygen atoms in total. The Hall–Kier alpha value is -0.0500. The number of aromatic amines is 1. The van der Waals surface area contributed by atoms with Crippen LogP contribution >= 0.6 is 0 Å². The molecule has 1 N–H and O–H groups in total. The van der Waals surface area contributed by atoms with Gasteiger partial charge in [0.25, 0.3) is 0 Å². The fourth-order valence-corrected chi connectivity index (χ4v) is 0.389. The summed E-state index contributed by atoms with van der Waals surface area (Å²) in [6.07, 6.45) is 5.12. The van der Waals surface area contributed by atoms with E-state index in [0.29, 0.717) is 0 Å². The molecule has 0 aliphatic carbocycles. The third-order valence-electron chi connectivity index (χ3n) is 0.713. The quantitative estimate of drug-likeness (QED) is 0.531. The number of nitrogens with one attached hydrogen (secondary N) is 1. The molecule has 38 valence electrons. The summed E-state index contributed by atoms with van der Waals surface area (Å²) < 4.78 is 0. The van der Waals surface area contributed by atoms with Crippen molar-refractivity contribution in [3.63, 3.8) is 0 Å². The van der Waals surface area contributed by atoms with Crippen molar-refractivity contribution < 1.29 is 0 Å². The summed E-state index contributed by atoms with van der Waals surface area (Å²) in [4.78, 5) is 6.72. The molecule has 8 heavy (non-hydrogen) atoms. The first-order valence-electron chi connectivity index (χ1n) is 2.05. The molecule has 0 unspecified atom stereocenters. The van der Waals surface area contributed by atoms with Gasteiger partial charge < -0.3 is 4.98 Å². The molecular formula is C5H7N2Na. The minimum absolute atomic E-state index is 0. The van der Waals surface area contributed by atoms with Crippen molar-refractivity contribution >= 4 is 35.6 Å². The molecule has 0 aromatic carbocycles. The van der Waals surface area contributed by atoms with Crippen LogP contribution in [0.2, 0.25) is 0 Å². The van der Waals surface area contributed by atoms with Crippen molar-refractivity contribution in [1.29, 1.82) is 0 Å². The maximum atomic E-state index is 3.86. The molecule has 0 saturated carbocycles. The van der Waals surface area contributed by atoms with Gasteiger partial charge in [-0.2, -0.15) is 0 Å². The molecule has 0 spiro atoms. The maximum absolute atomic E-state index is 3.86. The predicted octanol–water partition coefficient (Wildman–Crippen LogP) is 0.404. The van der Waals surface area contributed by atoms with Gasteiger partial charge in [0.15, 0.2) is 0 Å². The van der Waals surface area contributed by atoms with E-state index in [9.17, 15) is 0 Å². The first-order chi connectivity index (χ1) is 3.43. The van der Waals surface area contributed by atoms with E-state index < -0.39 is 0 Å². The standard InChI is InChI=1S/C5H6N2.Na.H/c1-2-5-6-3-4-7-5;;/h2-4H,1H2,(H,6,7);;. The molecule has 1 heterocycles. The summed E-state index contributed by atoms with van der Waals surface area (Å²) >= 11 is 0. The Balaban J connectivity index is 0.000000490. The van der Waals surface area contributed by atoms with Gasteiger partial charge in [-0.25, -0.2) is 4.98 Å². The normalized spacial score (nSPS) is 7.50. The second kappa shape index (κ2) is 3.89. The van der Waals surface area contributed by atoms with Crippen LogP contribution in [0.1, 0.15) is 5.82 Å². The van der Waals surface area contributed by atoms with Crippen LogP contribution in [0.3, 0.4) is 0 Å². The average molecular weight is 118 g/mol. The average Bonchev–Trinajstić information content (AvgIpc) is 2.14. The van der Waals surface area contributed by atoms with Crippen LogP contribution in [-0.4, -0.2) is 39.5 Å². The molecular weight excluding hydrogens is 111 g/mol. The van der Waals surface area contributed by atoms with E-state index in [4.69, 9.17) is 0 Å². The second-order valence-corrected chi connectivity index (χ2v) is 1.18. The Morgan fingerprint density at radius 3 is 2.75 bits per heavy atom. The van der Waals surface area contributed by atoms with E-state index in [-0.39, 0.29) is 29.6 Å². The fourth-order valence-electron chi connectivity index (χ4n) is 0.389. The molecule has 0 aliphatic heterocycles. The van der Waals surface area contributed by atoms with Crippen LogP contribution in [0, 0.1) is 0 Å². The van der Waals surface area contributed by atoms with Gasteiger partial charge >= 0.3 is 29.6 Å². The number of aromatic nitrogens is 2. The van der Waals surface area contributed by atoms with Crippen molar-refractivity contribution in [2.45, 2.75) is 0 Å². The van der Waals surface area contributed by atoms with Crippen LogP contribution in [-0.2, 0) is 0 Å². The molecule has 0 fully saturated rings. The van der Waals surface area contributed by atoms with Gasteiger partial charge in [0.2, 0.25) is 0 Å². The molecule has 0 atom stereocenters. The fraction of sp³-hybridized carbons (Fsp3) is 0. The van der Waals surface area contributed by atoms with Crippen molar-refractivity contribution in [3.8, 4) is 0 Å². The van der Waals surface area contributed by atoms with Gasteiger partial charge in [0.1, 0.15) is 5.82 Å². The van der Waals surface area contributed by atoms with Crippen LogP contribution in [0.25, 0.3) is 6.08 Å². The number of rotatable bonds is 1. The molecule has 0 bridgehead atoms. The first kappa shape index (κ1) is 7.95. The predicted molar refractivity (Wildman–Crippen MR) is 35.8 cm³/mol. The summed E-state index contributed by atoms with van der Waals surface area (Å²) in [7, 11) is 0. The molecule has 3 heteroatoms. The van der Waals surface area contributed by atoms with Crippen LogP contribution < -0.4 is 0 Å². The van der Waals surface area contributed by atoms with Crippen molar-refractivity contribution in [2.24, 2.45) is 0 Å². The van der Waals surface area contributed by atoms with E-state index in [1.165, 1.54) is 0 Å². The molecule has 0 saturated heterocycles. The van der Waals surface area contributed by atoms with E-state index >= 15 is 0 Å². The number of H-pyrrole nitrogens is 1. The second-order valence-electron chi connectivity index (χ2n) is 1.18. The zero-order valence-corrected chi connectivity index (χ0v) is 3.89. The number of nitrogens with zero attached hydrogens (tertiary/aromatic N) is 1. The van der Waals surface area contributed by atoms with Gasteiger partial charge in [0, 0.05) is 12.4 Å². The first-order valence-corrected chi connectivity index (χ1v) is 2.05. The van der Waals surface area contributed by atoms with E-state index in [2.05, 4.69) is 16.5 Å². The van der Waals surface area contributed by atoms with Crippen molar-refractivity contribution in [2.75, 3.05) is 0 Å². The minimum atomic E-state index is 0. The monoisotopic (exact) mass is 118 g/mol. The summed E-state index contributed by atoms with van der Waals surface area (Å²) in [5.74, 6) is 0.819. The molecule has 1 aromatic heterocycles. The van der Waals surface area contributed by atoms with Gasteiger partial charge in [-0.3, -0.25) is 0 Å². The Labute approximate surface area is 70.3 Å². The Bertz CT molecular complexity index is 145. The molecule has 1 rings (SSSR count). The van der Waals surface area contributed by atoms with Crippen LogP contribution in [0.5, 0.6) is 0 Å². The number of hydrogen-bond donors (Lipinski definition) is 1. The topological polar surface area (TPSA) is 28.7 Å². The van der Waals surface area contributed by atoms with E-state index in [1.807, 2.05) is 0 Å². The van der Waals surface area contributed by atoms with Crippen molar-refractivity contribution in [1.82, 2.24) is 9.97 Å². The molecule has 0 aliphatic rings. The molecule has 0 radical (unpaired) electrons. The van der Waals surface area contributed by atoms with Gasteiger partial charge in [0.05, 0.1) is 0 Å². The number of imidazole rings is 1.